The maximum absolute atomic E-state index is 11.9. The molecule has 1 rings (SSSR count). The second-order valence-corrected chi connectivity index (χ2v) is 4.30. The second kappa shape index (κ2) is 5.84. The van der Waals surface area contributed by atoms with Crippen LogP contribution in [-0.4, -0.2) is 37.6 Å². The van der Waals surface area contributed by atoms with Crippen LogP contribution in [0.5, 0.6) is 0 Å². The highest BCUT2D eigenvalue weighted by atomic mass is 16.5. The first-order valence-corrected chi connectivity index (χ1v) is 5.68. The van der Waals surface area contributed by atoms with Gasteiger partial charge in [-0.2, -0.15) is 0 Å². The lowest BCUT2D eigenvalue weighted by Crippen LogP contribution is -2.57. The summed E-state index contributed by atoms with van der Waals surface area (Å²) >= 11 is 0. The van der Waals surface area contributed by atoms with E-state index in [0.717, 1.165) is 25.8 Å². The van der Waals surface area contributed by atoms with Crippen molar-refractivity contribution in [3.8, 4) is 0 Å². The van der Waals surface area contributed by atoms with Gasteiger partial charge in [-0.05, 0) is 32.7 Å². The van der Waals surface area contributed by atoms with Crippen molar-refractivity contribution >= 4 is 11.9 Å². The molecule has 1 aliphatic rings. The van der Waals surface area contributed by atoms with Crippen LogP contribution in [0.15, 0.2) is 0 Å². The Morgan fingerprint density at radius 2 is 2.19 bits per heavy atom. The molecule has 1 aliphatic heterocycles. The largest absolute Gasteiger partial charge is 0.469 e. The minimum absolute atomic E-state index is 0.0314. The van der Waals surface area contributed by atoms with Crippen LogP contribution in [0.4, 0.5) is 0 Å². The zero-order chi connectivity index (χ0) is 12.0. The van der Waals surface area contributed by atoms with E-state index in [1.165, 1.54) is 7.11 Å². The van der Waals surface area contributed by atoms with Gasteiger partial charge in [0.1, 0.15) is 0 Å². The first-order chi connectivity index (χ1) is 7.58. The number of piperidine rings is 1. The summed E-state index contributed by atoms with van der Waals surface area (Å²) in [5.41, 5.74) is -0.478. The molecule has 5 nitrogen and oxygen atoms in total. The molecule has 16 heavy (non-hydrogen) atoms. The van der Waals surface area contributed by atoms with Crippen molar-refractivity contribution in [3.63, 3.8) is 0 Å². The number of nitrogens with one attached hydrogen (secondary N) is 2. The van der Waals surface area contributed by atoms with Gasteiger partial charge in [0, 0.05) is 6.54 Å². The number of methoxy groups -OCH3 is 1. The number of hydrogen-bond donors (Lipinski definition) is 2. The average Bonchev–Trinajstić information content (AvgIpc) is 2.29. The van der Waals surface area contributed by atoms with Crippen LogP contribution in [0.1, 0.15) is 32.6 Å². The van der Waals surface area contributed by atoms with E-state index in [2.05, 4.69) is 15.4 Å². The minimum atomic E-state index is -0.478. The fourth-order valence-corrected chi connectivity index (χ4v) is 1.83. The Balaban J connectivity index is 2.31. The molecule has 0 bridgehead atoms. The number of hydrogen-bond acceptors (Lipinski definition) is 4. The lowest BCUT2D eigenvalue weighted by molar-refractivity contribution is -0.140. The van der Waals surface area contributed by atoms with Crippen molar-refractivity contribution in [2.75, 3.05) is 20.2 Å². The molecule has 0 aromatic rings. The van der Waals surface area contributed by atoms with E-state index < -0.39 is 5.54 Å². The lowest BCUT2D eigenvalue weighted by atomic mass is 9.90. The first-order valence-electron chi connectivity index (χ1n) is 5.68. The van der Waals surface area contributed by atoms with Gasteiger partial charge in [0.2, 0.25) is 5.91 Å². The Hall–Kier alpha value is -1.10. The van der Waals surface area contributed by atoms with Gasteiger partial charge < -0.3 is 15.4 Å². The maximum Gasteiger partial charge on any atom is 0.307 e. The number of esters is 1. The molecule has 5 heteroatoms. The average molecular weight is 228 g/mol. The van der Waals surface area contributed by atoms with E-state index in [1.54, 1.807) is 0 Å². The predicted molar refractivity (Wildman–Crippen MR) is 59.9 cm³/mol. The molecule has 0 spiro atoms. The summed E-state index contributed by atoms with van der Waals surface area (Å²) in [6, 6.07) is 0. The van der Waals surface area contributed by atoms with Gasteiger partial charge in [0.05, 0.1) is 19.1 Å². The van der Waals surface area contributed by atoms with Gasteiger partial charge in [0.15, 0.2) is 0 Å². The maximum atomic E-state index is 11.9. The van der Waals surface area contributed by atoms with E-state index in [-0.39, 0.29) is 18.3 Å². The predicted octanol–water partition coefficient (Wildman–Crippen LogP) is 0.198. The first kappa shape index (κ1) is 13.0. The molecule has 0 saturated carbocycles. The molecule has 1 unspecified atom stereocenters. The fourth-order valence-electron chi connectivity index (χ4n) is 1.83. The molecular formula is C11H20N2O3. The van der Waals surface area contributed by atoms with Crippen molar-refractivity contribution in [2.24, 2.45) is 0 Å². The van der Waals surface area contributed by atoms with Gasteiger partial charge in [-0.3, -0.25) is 9.59 Å². The van der Waals surface area contributed by atoms with Crippen molar-refractivity contribution in [1.82, 2.24) is 10.6 Å². The van der Waals surface area contributed by atoms with E-state index in [4.69, 9.17) is 0 Å². The summed E-state index contributed by atoms with van der Waals surface area (Å²) in [6.45, 7) is 3.11. The summed E-state index contributed by atoms with van der Waals surface area (Å²) in [7, 11) is 1.34. The van der Waals surface area contributed by atoms with Crippen LogP contribution in [0.25, 0.3) is 0 Å². The molecule has 1 fully saturated rings. The molecule has 1 atom stereocenters. The third kappa shape index (κ3) is 3.48. The molecule has 0 radical (unpaired) electrons. The van der Waals surface area contributed by atoms with Crippen molar-refractivity contribution in [2.45, 2.75) is 38.1 Å². The van der Waals surface area contributed by atoms with Crippen LogP contribution >= 0.6 is 0 Å². The van der Waals surface area contributed by atoms with Crippen LogP contribution in [0, 0.1) is 0 Å². The topological polar surface area (TPSA) is 67.4 Å². The molecule has 0 aromatic carbocycles. The standard InChI is InChI=1S/C11H20N2O3/c1-11(6-3-4-7-13-11)10(15)12-8-5-9(14)16-2/h13H,3-8H2,1-2H3,(H,12,15). The van der Waals surface area contributed by atoms with Crippen LogP contribution in [-0.2, 0) is 14.3 Å². The smallest absolute Gasteiger partial charge is 0.307 e. The minimum Gasteiger partial charge on any atom is -0.469 e. The van der Waals surface area contributed by atoms with Gasteiger partial charge in [-0.15, -0.1) is 0 Å². The normalized spacial score (nSPS) is 24.9. The quantitative estimate of drug-likeness (QED) is 0.674. The molecule has 1 heterocycles. The summed E-state index contributed by atoms with van der Waals surface area (Å²) in [4.78, 5) is 22.7. The van der Waals surface area contributed by atoms with E-state index >= 15 is 0 Å². The summed E-state index contributed by atoms with van der Waals surface area (Å²) in [5.74, 6) is -0.335. The zero-order valence-electron chi connectivity index (χ0n) is 9.97. The van der Waals surface area contributed by atoms with Crippen molar-refractivity contribution in [1.29, 1.82) is 0 Å². The Morgan fingerprint density at radius 3 is 2.75 bits per heavy atom. The van der Waals surface area contributed by atoms with E-state index in [1.807, 2.05) is 6.92 Å². The third-order valence-corrected chi connectivity index (χ3v) is 2.96. The zero-order valence-corrected chi connectivity index (χ0v) is 9.97. The van der Waals surface area contributed by atoms with Crippen LogP contribution < -0.4 is 10.6 Å². The fraction of sp³-hybridized carbons (Fsp3) is 0.818. The number of ether oxygens (including phenoxy) is 1. The summed E-state index contributed by atoms with van der Waals surface area (Å²) in [5, 5.41) is 5.97. The van der Waals surface area contributed by atoms with Gasteiger partial charge in [0.25, 0.3) is 0 Å². The summed E-state index contributed by atoms with van der Waals surface area (Å²) in [6.07, 6.45) is 3.24. The monoisotopic (exact) mass is 228 g/mol. The Morgan fingerprint density at radius 1 is 1.44 bits per heavy atom. The molecular weight excluding hydrogens is 208 g/mol. The molecule has 1 saturated heterocycles. The molecule has 0 aliphatic carbocycles. The van der Waals surface area contributed by atoms with Gasteiger partial charge >= 0.3 is 5.97 Å². The van der Waals surface area contributed by atoms with Crippen LogP contribution in [0.3, 0.4) is 0 Å². The molecule has 0 aromatic heterocycles. The Bertz CT molecular complexity index is 260. The Labute approximate surface area is 95.9 Å². The summed E-state index contributed by atoms with van der Waals surface area (Å²) < 4.78 is 4.50. The van der Waals surface area contributed by atoms with Crippen LogP contribution in [0.2, 0.25) is 0 Å². The van der Waals surface area contributed by atoms with E-state index in [0.29, 0.717) is 6.54 Å². The molecule has 92 valence electrons. The Kier molecular flexibility index (Phi) is 4.73. The van der Waals surface area contributed by atoms with Gasteiger partial charge in [-0.1, -0.05) is 0 Å². The highest BCUT2D eigenvalue weighted by Gasteiger charge is 2.33. The van der Waals surface area contributed by atoms with Gasteiger partial charge in [-0.25, -0.2) is 0 Å². The third-order valence-electron chi connectivity index (χ3n) is 2.96. The van der Waals surface area contributed by atoms with E-state index in [9.17, 15) is 9.59 Å². The highest BCUT2D eigenvalue weighted by Crippen LogP contribution is 2.18. The number of rotatable bonds is 4. The second-order valence-electron chi connectivity index (χ2n) is 4.30. The molecule has 2 N–H and O–H groups in total. The van der Waals surface area contributed by atoms with Crippen molar-refractivity contribution < 1.29 is 14.3 Å². The number of carbonyl (C=O) groups is 2. The lowest BCUT2D eigenvalue weighted by Gasteiger charge is -2.33. The number of carbonyl (C=O) groups excluding carboxylic acids is 2. The van der Waals surface area contributed by atoms with Crippen molar-refractivity contribution in [3.05, 3.63) is 0 Å². The number of amides is 1. The molecule has 1 amide bonds. The SMILES string of the molecule is COC(=O)CCNC(=O)C1(C)CCCCN1. The highest BCUT2D eigenvalue weighted by molar-refractivity contribution is 5.86.